The summed E-state index contributed by atoms with van der Waals surface area (Å²) in [6.07, 6.45) is 0. The molecule has 0 bridgehead atoms. The van der Waals surface area contributed by atoms with E-state index in [-0.39, 0.29) is 10.0 Å². The van der Waals surface area contributed by atoms with Crippen LogP contribution in [0.15, 0.2) is 65.6 Å². The van der Waals surface area contributed by atoms with Crippen LogP contribution in [0.3, 0.4) is 0 Å². The van der Waals surface area contributed by atoms with Crippen molar-refractivity contribution >= 4 is 56.0 Å². The third kappa shape index (κ3) is 6.12. The van der Waals surface area contributed by atoms with Crippen molar-refractivity contribution in [3.05, 3.63) is 76.8 Å². The number of ether oxygens (including phenoxy) is 1. The lowest BCUT2D eigenvalue weighted by Crippen LogP contribution is -2.22. The maximum Gasteiger partial charge on any atom is 0.263 e. The summed E-state index contributed by atoms with van der Waals surface area (Å²) in [4.78, 5) is 0.0810. The molecule has 0 fully saturated rings. The van der Waals surface area contributed by atoms with E-state index < -0.39 is 10.0 Å². The summed E-state index contributed by atoms with van der Waals surface area (Å²) in [7, 11) is -3.88. The van der Waals surface area contributed by atoms with Gasteiger partial charge in [0.2, 0.25) is 0 Å². The summed E-state index contributed by atoms with van der Waals surface area (Å²) >= 11 is 11.5. The topological polar surface area (TPSA) is 79.5 Å². The third-order valence-electron chi connectivity index (χ3n) is 4.52. The zero-order valence-corrected chi connectivity index (χ0v) is 20.3. The van der Waals surface area contributed by atoms with Crippen LogP contribution in [-0.4, -0.2) is 20.1 Å². The number of anilines is 3. The zero-order chi connectivity index (χ0) is 23.3. The molecule has 9 heteroatoms. The van der Waals surface area contributed by atoms with Gasteiger partial charge in [0, 0.05) is 16.4 Å². The van der Waals surface area contributed by atoms with E-state index in [1.54, 1.807) is 42.5 Å². The minimum Gasteiger partial charge on any atom is -0.494 e. The summed E-state index contributed by atoms with van der Waals surface area (Å²) in [6, 6.07) is 17.3. The first kappa shape index (κ1) is 23.8. The Hall–Kier alpha value is -2.81. The Labute approximate surface area is 199 Å². The Morgan fingerprint density at radius 3 is 2.31 bits per heavy atom. The van der Waals surface area contributed by atoms with Gasteiger partial charge in [-0.3, -0.25) is 4.72 Å². The molecule has 0 spiro atoms. The van der Waals surface area contributed by atoms with Crippen LogP contribution >= 0.6 is 23.8 Å². The number of hydrogen-bond acceptors (Lipinski definition) is 4. The number of aryl methyl sites for hydroxylation is 2. The highest BCUT2D eigenvalue weighted by Gasteiger charge is 2.20. The van der Waals surface area contributed by atoms with Crippen LogP contribution < -0.4 is 20.1 Å². The predicted octanol–water partition coefficient (Wildman–Crippen LogP) is 5.97. The van der Waals surface area contributed by atoms with Gasteiger partial charge in [-0.1, -0.05) is 23.7 Å². The number of hydrogen-bond donors (Lipinski definition) is 3. The maximum atomic E-state index is 13.1. The first-order valence-electron chi connectivity index (χ1n) is 9.88. The fourth-order valence-electron chi connectivity index (χ4n) is 2.91. The molecule has 0 aromatic heterocycles. The molecule has 0 saturated heterocycles. The number of sulfonamides is 1. The summed E-state index contributed by atoms with van der Waals surface area (Å²) in [6.45, 7) is 6.15. The standard InChI is InChI=1S/C23H24ClN3O3S2/c1-4-30-19-10-8-17(9-11-19)27-32(28,29)22-13-15(2)5-12-21(22)26-23(31)25-18-7-6-16(3)20(24)14-18/h5-14,27H,4H2,1-3H3,(H2,25,26,31). The Balaban J connectivity index is 1.81. The Bertz CT molecular complexity index is 1230. The number of halogens is 1. The van der Waals surface area contributed by atoms with Gasteiger partial charge in [0.1, 0.15) is 10.6 Å². The van der Waals surface area contributed by atoms with Crippen LogP contribution in [-0.2, 0) is 10.0 Å². The summed E-state index contributed by atoms with van der Waals surface area (Å²) < 4.78 is 34.3. The molecular weight excluding hydrogens is 466 g/mol. The molecule has 6 nitrogen and oxygen atoms in total. The molecule has 0 radical (unpaired) electrons. The van der Waals surface area contributed by atoms with E-state index in [0.717, 1.165) is 11.1 Å². The van der Waals surface area contributed by atoms with Gasteiger partial charge in [-0.2, -0.15) is 0 Å². The Morgan fingerprint density at radius 1 is 0.969 bits per heavy atom. The van der Waals surface area contributed by atoms with Gasteiger partial charge in [0.25, 0.3) is 10.0 Å². The van der Waals surface area contributed by atoms with Crippen molar-refractivity contribution in [3.8, 4) is 5.75 Å². The second-order valence-electron chi connectivity index (χ2n) is 7.11. The first-order valence-corrected chi connectivity index (χ1v) is 12.2. The summed E-state index contributed by atoms with van der Waals surface area (Å²) in [5.74, 6) is 0.668. The van der Waals surface area contributed by atoms with Crippen molar-refractivity contribution in [2.75, 3.05) is 22.0 Å². The second kappa shape index (κ2) is 10.2. The molecule has 0 saturated carbocycles. The predicted molar refractivity (Wildman–Crippen MR) is 136 cm³/mol. The molecule has 32 heavy (non-hydrogen) atoms. The molecule has 0 aliphatic heterocycles. The van der Waals surface area contributed by atoms with E-state index in [1.807, 2.05) is 39.0 Å². The van der Waals surface area contributed by atoms with E-state index in [4.69, 9.17) is 28.6 Å². The molecule has 0 aliphatic rings. The van der Waals surface area contributed by atoms with Crippen molar-refractivity contribution in [2.24, 2.45) is 0 Å². The van der Waals surface area contributed by atoms with Crippen LogP contribution in [0.1, 0.15) is 18.1 Å². The molecule has 3 rings (SSSR count). The molecular formula is C23H24ClN3O3S2. The number of rotatable bonds is 7. The number of nitrogens with one attached hydrogen (secondary N) is 3. The molecule has 0 amide bonds. The molecule has 0 unspecified atom stereocenters. The minimum atomic E-state index is -3.88. The van der Waals surface area contributed by atoms with Crippen molar-refractivity contribution in [2.45, 2.75) is 25.7 Å². The van der Waals surface area contributed by atoms with Crippen molar-refractivity contribution in [1.29, 1.82) is 0 Å². The molecule has 0 aliphatic carbocycles. The normalized spacial score (nSPS) is 11.0. The highest BCUT2D eigenvalue weighted by Crippen LogP contribution is 2.27. The van der Waals surface area contributed by atoms with Crippen LogP contribution in [0.4, 0.5) is 17.1 Å². The molecule has 3 aromatic rings. The molecule has 3 aromatic carbocycles. The Morgan fingerprint density at radius 2 is 1.66 bits per heavy atom. The van der Waals surface area contributed by atoms with E-state index in [9.17, 15) is 8.42 Å². The quantitative estimate of drug-likeness (QED) is 0.355. The fourth-order valence-corrected chi connectivity index (χ4v) is 4.62. The lowest BCUT2D eigenvalue weighted by atomic mass is 10.2. The van der Waals surface area contributed by atoms with Gasteiger partial charge in [0.05, 0.1) is 12.3 Å². The lowest BCUT2D eigenvalue weighted by molar-refractivity contribution is 0.340. The van der Waals surface area contributed by atoms with Crippen molar-refractivity contribution in [3.63, 3.8) is 0 Å². The number of benzene rings is 3. The van der Waals surface area contributed by atoms with Crippen LogP contribution in [0.5, 0.6) is 5.75 Å². The van der Waals surface area contributed by atoms with E-state index >= 15 is 0 Å². The smallest absolute Gasteiger partial charge is 0.263 e. The summed E-state index contributed by atoms with van der Waals surface area (Å²) in [5.41, 5.74) is 3.22. The van der Waals surface area contributed by atoms with E-state index in [2.05, 4.69) is 15.4 Å². The van der Waals surface area contributed by atoms with Crippen molar-refractivity contribution in [1.82, 2.24) is 0 Å². The molecule has 3 N–H and O–H groups in total. The zero-order valence-electron chi connectivity index (χ0n) is 17.9. The monoisotopic (exact) mass is 489 g/mol. The average molecular weight is 490 g/mol. The van der Waals surface area contributed by atoms with Crippen LogP contribution in [0, 0.1) is 13.8 Å². The maximum absolute atomic E-state index is 13.1. The summed E-state index contributed by atoms with van der Waals surface area (Å²) in [5, 5.41) is 6.85. The van der Waals surface area contributed by atoms with Gasteiger partial charge in [0.15, 0.2) is 5.11 Å². The molecule has 168 valence electrons. The van der Waals surface area contributed by atoms with Gasteiger partial charge in [-0.15, -0.1) is 0 Å². The highest BCUT2D eigenvalue weighted by molar-refractivity contribution is 7.93. The average Bonchev–Trinajstić information content (AvgIpc) is 2.73. The van der Waals surface area contributed by atoms with Gasteiger partial charge in [-0.25, -0.2) is 8.42 Å². The van der Waals surface area contributed by atoms with Gasteiger partial charge >= 0.3 is 0 Å². The van der Waals surface area contributed by atoms with Gasteiger partial charge in [-0.05, 0) is 92.6 Å². The fraction of sp³-hybridized carbons (Fsp3) is 0.174. The van der Waals surface area contributed by atoms with Gasteiger partial charge < -0.3 is 15.4 Å². The van der Waals surface area contributed by atoms with E-state index in [0.29, 0.717) is 34.4 Å². The largest absolute Gasteiger partial charge is 0.494 e. The second-order valence-corrected chi connectivity index (χ2v) is 9.57. The SMILES string of the molecule is CCOc1ccc(NS(=O)(=O)c2cc(C)ccc2NC(=S)Nc2ccc(C)c(Cl)c2)cc1. The first-order chi connectivity index (χ1) is 15.2. The Kier molecular flexibility index (Phi) is 7.60. The van der Waals surface area contributed by atoms with Crippen molar-refractivity contribution < 1.29 is 13.2 Å². The minimum absolute atomic E-state index is 0.0810. The molecule has 0 heterocycles. The molecule has 0 atom stereocenters. The highest BCUT2D eigenvalue weighted by atomic mass is 35.5. The number of thiocarbonyl (C=S) groups is 1. The van der Waals surface area contributed by atoms with Crippen LogP contribution in [0.2, 0.25) is 5.02 Å². The third-order valence-corrected chi connectivity index (χ3v) is 6.55. The lowest BCUT2D eigenvalue weighted by Gasteiger charge is -2.16. The van der Waals surface area contributed by atoms with E-state index in [1.165, 1.54) is 0 Å². The van der Waals surface area contributed by atoms with Crippen LogP contribution in [0.25, 0.3) is 0 Å².